The summed E-state index contributed by atoms with van der Waals surface area (Å²) in [5, 5.41) is 4.45. The predicted molar refractivity (Wildman–Crippen MR) is 139 cm³/mol. The molecule has 1 amide bonds. The molecule has 200 valence electrons. The zero-order chi connectivity index (χ0) is 25.7. The molecule has 5 nitrogen and oxygen atoms in total. The number of carbonyl (C=O) groups is 1. The highest BCUT2D eigenvalue weighted by molar-refractivity contribution is 5.97. The first-order chi connectivity index (χ1) is 17.3. The monoisotopic (exact) mass is 504 g/mol. The molecule has 0 aromatic heterocycles. The minimum Gasteiger partial charge on any atom is -0.486 e. The number of hydrogen-bond donors (Lipinski definition) is 1. The molecule has 36 heavy (non-hydrogen) atoms. The van der Waals surface area contributed by atoms with Gasteiger partial charge in [-0.3, -0.25) is 4.79 Å². The standard InChI is InChI=1S/C29H42F2N2O3/c1-4-29(30,31)19-36-27-25(28(34)32-14-15-35-3)13-12-22-10-8-20(2)33(18-26(22)27)17-21-6-5-7-23-16-24(23)11-9-21/h10,12-13,18,20-21,23-24H,4-9,11,14-17,19H2,1-3H3,(H,32,34). The van der Waals surface area contributed by atoms with Crippen molar-refractivity contribution in [3.8, 4) is 5.75 Å². The SMILES string of the molecule is CCC(F)(F)COc1c(C(=O)NCCOC)ccc2c1=CN(CC1CCCC3CC3CC1)C(C)CC=2. The van der Waals surface area contributed by atoms with Gasteiger partial charge in [0.1, 0.15) is 5.75 Å². The van der Waals surface area contributed by atoms with Crippen molar-refractivity contribution in [3.63, 3.8) is 0 Å². The first-order valence-electron chi connectivity index (χ1n) is 13.7. The first-order valence-corrected chi connectivity index (χ1v) is 13.7. The van der Waals surface area contributed by atoms with Crippen LogP contribution in [-0.2, 0) is 4.74 Å². The van der Waals surface area contributed by atoms with Gasteiger partial charge >= 0.3 is 0 Å². The summed E-state index contributed by atoms with van der Waals surface area (Å²) in [4.78, 5) is 15.4. The number of nitrogens with one attached hydrogen (secondary N) is 1. The van der Waals surface area contributed by atoms with E-state index in [1.165, 1.54) is 45.4 Å². The number of rotatable bonds is 10. The Morgan fingerprint density at radius 1 is 1.19 bits per heavy atom. The zero-order valence-corrected chi connectivity index (χ0v) is 22.0. The Kier molecular flexibility index (Phi) is 8.91. The third kappa shape index (κ3) is 6.78. The van der Waals surface area contributed by atoms with Gasteiger partial charge in [-0.25, -0.2) is 8.78 Å². The molecule has 0 saturated heterocycles. The summed E-state index contributed by atoms with van der Waals surface area (Å²) in [6.07, 6.45) is 12.6. The topological polar surface area (TPSA) is 50.8 Å². The lowest BCUT2D eigenvalue weighted by Crippen LogP contribution is -2.37. The fourth-order valence-electron chi connectivity index (χ4n) is 5.62. The van der Waals surface area contributed by atoms with Crippen molar-refractivity contribution >= 4 is 18.2 Å². The summed E-state index contributed by atoms with van der Waals surface area (Å²) in [6.45, 7) is 4.54. The highest BCUT2D eigenvalue weighted by Crippen LogP contribution is 2.48. The second-order valence-corrected chi connectivity index (χ2v) is 10.9. The van der Waals surface area contributed by atoms with E-state index in [2.05, 4.69) is 29.4 Å². The molecule has 4 rings (SSSR count). The smallest absolute Gasteiger partial charge is 0.281 e. The maximum absolute atomic E-state index is 14.2. The van der Waals surface area contributed by atoms with E-state index in [0.29, 0.717) is 19.1 Å². The van der Waals surface area contributed by atoms with E-state index in [-0.39, 0.29) is 29.7 Å². The molecule has 7 heteroatoms. The summed E-state index contributed by atoms with van der Waals surface area (Å²) in [6, 6.07) is 3.87. The molecule has 3 aliphatic rings. The highest BCUT2D eigenvalue weighted by Gasteiger charge is 2.37. The molecule has 2 aliphatic carbocycles. The summed E-state index contributed by atoms with van der Waals surface area (Å²) in [5.74, 6) is -0.531. The average Bonchev–Trinajstić information content (AvgIpc) is 3.61. The van der Waals surface area contributed by atoms with E-state index in [1.807, 2.05) is 6.07 Å². The Balaban J connectivity index is 1.65. The van der Waals surface area contributed by atoms with Crippen LogP contribution in [0.3, 0.4) is 0 Å². The molecule has 1 aliphatic heterocycles. The minimum atomic E-state index is -2.96. The van der Waals surface area contributed by atoms with E-state index < -0.39 is 12.5 Å². The van der Waals surface area contributed by atoms with Gasteiger partial charge < -0.3 is 19.7 Å². The summed E-state index contributed by atoms with van der Waals surface area (Å²) in [7, 11) is 1.56. The highest BCUT2D eigenvalue weighted by atomic mass is 19.3. The lowest BCUT2D eigenvalue weighted by atomic mass is 9.90. The lowest BCUT2D eigenvalue weighted by Gasteiger charge is -2.31. The van der Waals surface area contributed by atoms with Gasteiger partial charge in [-0.2, -0.15) is 0 Å². The van der Waals surface area contributed by atoms with Gasteiger partial charge in [0.2, 0.25) is 0 Å². The molecule has 1 aromatic rings. The van der Waals surface area contributed by atoms with Crippen LogP contribution in [0.5, 0.6) is 5.75 Å². The normalized spacial score (nSPS) is 25.8. The molecule has 0 bridgehead atoms. The molecule has 4 unspecified atom stereocenters. The van der Waals surface area contributed by atoms with Gasteiger partial charge in [-0.05, 0) is 68.1 Å². The van der Waals surface area contributed by atoms with E-state index in [4.69, 9.17) is 9.47 Å². The molecule has 1 N–H and O–H groups in total. The third-order valence-electron chi connectivity index (χ3n) is 8.22. The number of fused-ring (bicyclic) bond motifs is 2. The Bertz CT molecular complexity index is 1030. The van der Waals surface area contributed by atoms with Crippen LogP contribution in [0, 0.1) is 17.8 Å². The van der Waals surface area contributed by atoms with E-state index in [0.717, 1.165) is 35.2 Å². The van der Waals surface area contributed by atoms with Crippen LogP contribution in [-0.4, -0.2) is 56.2 Å². The van der Waals surface area contributed by atoms with Crippen molar-refractivity contribution in [2.75, 3.05) is 33.4 Å². The van der Waals surface area contributed by atoms with E-state index in [1.54, 1.807) is 13.2 Å². The Morgan fingerprint density at radius 3 is 2.78 bits per heavy atom. The van der Waals surface area contributed by atoms with Crippen LogP contribution in [0.25, 0.3) is 12.3 Å². The molecule has 1 heterocycles. The van der Waals surface area contributed by atoms with Crippen LogP contribution in [0.15, 0.2) is 12.1 Å². The molecule has 2 saturated carbocycles. The van der Waals surface area contributed by atoms with E-state index in [9.17, 15) is 13.6 Å². The fourth-order valence-corrected chi connectivity index (χ4v) is 5.62. The summed E-state index contributed by atoms with van der Waals surface area (Å²) in [5.41, 5.74) is 0.279. The van der Waals surface area contributed by atoms with Crippen LogP contribution in [0.4, 0.5) is 8.78 Å². The van der Waals surface area contributed by atoms with E-state index >= 15 is 0 Å². The Morgan fingerprint density at radius 2 is 2.00 bits per heavy atom. The van der Waals surface area contributed by atoms with Gasteiger partial charge in [-0.1, -0.05) is 31.9 Å². The number of amides is 1. The largest absolute Gasteiger partial charge is 0.486 e. The van der Waals surface area contributed by atoms with Crippen molar-refractivity contribution < 1.29 is 23.0 Å². The maximum Gasteiger partial charge on any atom is 0.281 e. The van der Waals surface area contributed by atoms with Crippen LogP contribution >= 0.6 is 0 Å². The van der Waals surface area contributed by atoms with Gasteiger partial charge in [0.15, 0.2) is 6.61 Å². The quantitative estimate of drug-likeness (QED) is 0.483. The number of methoxy groups -OCH3 is 1. The molecular formula is C29H42F2N2O3. The minimum absolute atomic E-state index is 0.240. The fraction of sp³-hybridized carbons (Fsp3) is 0.690. The number of benzene rings is 1. The second kappa shape index (κ2) is 11.9. The van der Waals surface area contributed by atoms with Crippen molar-refractivity contribution in [2.45, 2.75) is 77.2 Å². The summed E-state index contributed by atoms with van der Waals surface area (Å²) < 4.78 is 39.2. The first kappa shape index (κ1) is 26.9. The molecule has 0 radical (unpaired) electrons. The zero-order valence-electron chi connectivity index (χ0n) is 22.0. The van der Waals surface area contributed by atoms with Gasteiger partial charge in [0.05, 0.1) is 12.2 Å². The van der Waals surface area contributed by atoms with Crippen LogP contribution in [0.1, 0.15) is 75.6 Å². The van der Waals surface area contributed by atoms with Crippen LogP contribution < -0.4 is 20.5 Å². The van der Waals surface area contributed by atoms with Crippen LogP contribution in [0.2, 0.25) is 0 Å². The average molecular weight is 505 g/mol. The Labute approximate surface area is 213 Å². The number of alkyl halides is 2. The molecule has 4 atom stereocenters. The van der Waals surface area contributed by atoms with Crippen molar-refractivity contribution in [3.05, 3.63) is 28.1 Å². The maximum atomic E-state index is 14.2. The molecule has 0 spiro atoms. The number of halogens is 2. The Hall–Kier alpha value is -2.15. The predicted octanol–water partition coefficient (Wildman–Crippen LogP) is 4.32. The number of nitrogens with zero attached hydrogens (tertiary/aromatic N) is 1. The molecular weight excluding hydrogens is 462 g/mol. The van der Waals surface area contributed by atoms with Gasteiger partial charge in [0, 0.05) is 44.1 Å². The number of ether oxygens (including phenoxy) is 2. The third-order valence-corrected chi connectivity index (χ3v) is 8.22. The molecule has 2 fully saturated rings. The van der Waals surface area contributed by atoms with Gasteiger partial charge in [-0.15, -0.1) is 0 Å². The lowest BCUT2D eigenvalue weighted by molar-refractivity contribution is -0.0440. The van der Waals surface area contributed by atoms with Crippen molar-refractivity contribution in [2.24, 2.45) is 17.8 Å². The van der Waals surface area contributed by atoms with Gasteiger partial charge in [0.25, 0.3) is 11.8 Å². The number of carbonyl (C=O) groups excluding carboxylic acids is 1. The van der Waals surface area contributed by atoms with Crippen molar-refractivity contribution in [1.82, 2.24) is 10.2 Å². The second-order valence-electron chi connectivity index (χ2n) is 10.9. The summed E-state index contributed by atoms with van der Waals surface area (Å²) >= 11 is 0. The molecule has 1 aromatic carbocycles. The number of hydrogen-bond acceptors (Lipinski definition) is 4. The van der Waals surface area contributed by atoms with Crippen molar-refractivity contribution in [1.29, 1.82) is 0 Å².